The number of nitrogens with zero attached hydrogens (tertiary/aromatic N) is 2. The summed E-state index contributed by atoms with van der Waals surface area (Å²) >= 11 is 1.38. The molecule has 0 fully saturated rings. The van der Waals surface area contributed by atoms with Gasteiger partial charge in [0, 0.05) is 0 Å². The number of hydrogen-bond acceptors (Lipinski definition) is 5. The molecule has 1 atom stereocenters. The Labute approximate surface area is 93.1 Å². The summed E-state index contributed by atoms with van der Waals surface area (Å²) in [5.74, 6) is -0.0904. The van der Waals surface area contributed by atoms with Gasteiger partial charge in [0.2, 0.25) is 11.0 Å². The first-order valence-corrected chi connectivity index (χ1v) is 5.75. The molecule has 0 aliphatic rings. The Morgan fingerprint density at radius 1 is 1.53 bits per heavy atom. The monoisotopic (exact) mass is 228 g/mol. The molecule has 0 radical (unpaired) electrons. The number of carbonyl (C=O) groups excluding carboxylic acids is 1. The predicted molar refractivity (Wildman–Crippen MR) is 60.7 cm³/mol. The quantitative estimate of drug-likeness (QED) is 0.806. The summed E-state index contributed by atoms with van der Waals surface area (Å²) in [5.41, 5.74) is 5.69. The van der Waals surface area contributed by atoms with E-state index in [4.69, 9.17) is 5.73 Å². The molecule has 15 heavy (non-hydrogen) atoms. The SMILES string of the molecule is CCc1nnc(NC(=O)[C@H](N)C(C)C)s1. The molecule has 1 amide bonds. The molecule has 0 aromatic carbocycles. The Kier molecular flexibility index (Phi) is 4.16. The highest BCUT2D eigenvalue weighted by Crippen LogP contribution is 2.15. The van der Waals surface area contributed by atoms with E-state index in [1.54, 1.807) is 0 Å². The van der Waals surface area contributed by atoms with Crippen LogP contribution in [0.1, 0.15) is 25.8 Å². The second kappa shape index (κ2) is 5.18. The van der Waals surface area contributed by atoms with E-state index in [0.717, 1.165) is 11.4 Å². The third-order valence-electron chi connectivity index (χ3n) is 2.02. The standard InChI is InChI=1S/C9H16N4OS/c1-4-6-12-13-9(15-6)11-8(14)7(10)5(2)3/h5,7H,4,10H2,1-3H3,(H,11,13,14)/t7-/m1/s1. The minimum absolute atomic E-state index is 0.114. The van der Waals surface area contributed by atoms with Crippen LogP contribution in [0.3, 0.4) is 0 Å². The molecule has 1 aromatic heterocycles. The molecule has 0 unspecified atom stereocenters. The average Bonchev–Trinajstić information content (AvgIpc) is 2.64. The van der Waals surface area contributed by atoms with Gasteiger partial charge in [-0.2, -0.15) is 0 Å². The fraction of sp³-hybridized carbons (Fsp3) is 0.667. The summed E-state index contributed by atoms with van der Waals surface area (Å²) in [4.78, 5) is 11.6. The highest BCUT2D eigenvalue weighted by Gasteiger charge is 2.18. The van der Waals surface area contributed by atoms with Crippen molar-refractivity contribution in [2.75, 3.05) is 5.32 Å². The Morgan fingerprint density at radius 3 is 2.67 bits per heavy atom. The molecule has 3 N–H and O–H groups in total. The van der Waals surface area contributed by atoms with Gasteiger partial charge in [0.15, 0.2) is 0 Å². The molecule has 0 bridgehead atoms. The van der Waals surface area contributed by atoms with Gasteiger partial charge in [0.05, 0.1) is 6.04 Å². The Hall–Kier alpha value is -1.01. The number of hydrogen-bond donors (Lipinski definition) is 2. The van der Waals surface area contributed by atoms with Crippen LogP contribution >= 0.6 is 11.3 Å². The van der Waals surface area contributed by atoms with E-state index in [2.05, 4.69) is 15.5 Å². The van der Waals surface area contributed by atoms with Gasteiger partial charge in [0.25, 0.3) is 0 Å². The number of carbonyl (C=O) groups is 1. The van der Waals surface area contributed by atoms with Gasteiger partial charge in [0.1, 0.15) is 5.01 Å². The van der Waals surface area contributed by atoms with Gasteiger partial charge in [-0.05, 0) is 12.3 Å². The zero-order chi connectivity index (χ0) is 11.4. The fourth-order valence-corrected chi connectivity index (χ4v) is 1.62. The van der Waals surface area contributed by atoms with Gasteiger partial charge in [-0.25, -0.2) is 0 Å². The van der Waals surface area contributed by atoms with Gasteiger partial charge in [-0.3, -0.25) is 10.1 Å². The summed E-state index contributed by atoms with van der Waals surface area (Å²) in [7, 11) is 0. The van der Waals surface area contributed by atoms with E-state index < -0.39 is 6.04 Å². The van der Waals surface area contributed by atoms with Crippen molar-refractivity contribution in [1.82, 2.24) is 10.2 Å². The van der Waals surface area contributed by atoms with Gasteiger partial charge >= 0.3 is 0 Å². The lowest BCUT2D eigenvalue weighted by molar-refractivity contribution is -0.118. The lowest BCUT2D eigenvalue weighted by Crippen LogP contribution is -2.39. The first-order valence-electron chi connectivity index (χ1n) is 4.93. The van der Waals surface area contributed by atoms with E-state index >= 15 is 0 Å². The van der Waals surface area contributed by atoms with E-state index in [1.165, 1.54) is 11.3 Å². The first-order chi connectivity index (χ1) is 7.04. The summed E-state index contributed by atoms with van der Waals surface area (Å²) in [6, 6.07) is -0.501. The van der Waals surface area contributed by atoms with Crippen LogP contribution in [-0.2, 0) is 11.2 Å². The van der Waals surface area contributed by atoms with Crippen molar-refractivity contribution in [3.05, 3.63) is 5.01 Å². The topological polar surface area (TPSA) is 80.9 Å². The molecule has 84 valence electrons. The zero-order valence-corrected chi connectivity index (χ0v) is 9.97. The van der Waals surface area contributed by atoms with Gasteiger partial charge in [-0.15, -0.1) is 10.2 Å². The number of aromatic nitrogens is 2. The third kappa shape index (κ3) is 3.24. The van der Waals surface area contributed by atoms with Crippen LogP contribution in [0.4, 0.5) is 5.13 Å². The highest BCUT2D eigenvalue weighted by atomic mass is 32.1. The Balaban J connectivity index is 2.58. The maximum atomic E-state index is 11.6. The molecule has 0 spiro atoms. The van der Waals surface area contributed by atoms with Crippen LogP contribution in [0.2, 0.25) is 0 Å². The maximum Gasteiger partial charge on any atom is 0.243 e. The highest BCUT2D eigenvalue weighted by molar-refractivity contribution is 7.15. The minimum Gasteiger partial charge on any atom is -0.320 e. The summed E-state index contributed by atoms with van der Waals surface area (Å²) in [5, 5.41) is 11.8. The third-order valence-corrected chi connectivity index (χ3v) is 3.00. The van der Waals surface area contributed by atoms with Crippen LogP contribution in [0.25, 0.3) is 0 Å². The summed E-state index contributed by atoms with van der Waals surface area (Å²) < 4.78 is 0. The van der Waals surface area contributed by atoms with Crippen LogP contribution in [0.5, 0.6) is 0 Å². The number of aryl methyl sites for hydroxylation is 1. The van der Waals surface area contributed by atoms with Gasteiger partial charge in [-0.1, -0.05) is 32.1 Å². The number of nitrogens with one attached hydrogen (secondary N) is 1. The van der Waals surface area contributed by atoms with E-state index in [9.17, 15) is 4.79 Å². The zero-order valence-electron chi connectivity index (χ0n) is 9.15. The molecule has 0 saturated carbocycles. The van der Waals surface area contributed by atoms with E-state index in [0.29, 0.717) is 5.13 Å². The molecule has 6 heteroatoms. The number of amides is 1. The van der Waals surface area contributed by atoms with Crippen LogP contribution < -0.4 is 11.1 Å². The van der Waals surface area contributed by atoms with Crippen molar-refractivity contribution in [2.45, 2.75) is 33.2 Å². The van der Waals surface area contributed by atoms with Crippen molar-refractivity contribution < 1.29 is 4.79 Å². The second-order valence-electron chi connectivity index (χ2n) is 3.61. The Bertz CT molecular complexity index is 337. The number of anilines is 1. The molecule has 5 nitrogen and oxygen atoms in total. The average molecular weight is 228 g/mol. The summed E-state index contributed by atoms with van der Waals surface area (Å²) in [6.07, 6.45) is 0.823. The molecule has 0 aliphatic carbocycles. The molecule has 0 saturated heterocycles. The van der Waals surface area contributed by atoms with Crippen molar-refractivity contribution in [1.29, 1.82) is 0 Å². The van der Waals surface area contributed by atoms with Crippen molar-refractivity contribution >= 4 is 22.4 Å². The summed E-state index contributed by atoms with van der Waals surface area (Å²) in [6.45, 7) is 5.80. The number of rotatable bonds is 4. The lowest BCUT2D eigenvalue weighted by atomic mass is 10.1. The van der Waals surface area contributed by atoms with Crippen LogP contribution in [0, 0.1) is 5.92 Å². The molecule has 0 aliphatic heterocycles. The fourth-order valence-electron chi connectivity index (χ4n) is 0.938. The van der Waals surface area contributed by atoms with Crippen molar-refractivity contribution in [3.63, 3.8) is 0 Å². The van der Waals surface area contributed by atoms with Gasteiger partial charge < -0.3 is 5.73 Å². The lowest BCUT2D eigenvalue weighted by Gasteiger charge is -2.13. The predicted octanol–water partition coefficient (Wildman–Crippen LogP) is 1.02. The maximum absolute atomic E-state index is 11.6. The molecule has 1 heterocycles. The largest absolute Gasteiger partial charge is 0.320 e. The first kappa shape index (κ1) is 12.1. The smallest absolute Gasteiger partial charge is 0.243 e. The minimum atomic E-state index is -0.501. The van der Waals surface area contributed by atoms with Crippen molar-refractivity contribution in [3.8, 4) is 0 Å². The molecular formula is C9H16N4OS. The number of nitrogens with two attached hydrogens (primary N) is 1. The molecular weight excluding hydrogens is 212 g/mol. The van der Waals surface area contributed by atoms with Crippen LogP contribution in [-0.4, -0.2) is 22.1 Å². The molecule has 1 aromatic rings. The van der Waals surface area contributed by atoms with E-state index in [-0.39, 0.29) is 11.8 Å². The van der Waals surface area contributed by atoms with Crippen LogP contribution in [0.15, 0.2) is 0 Å². The molecule has 1 rings (SSSR count). The normalized spacial score (nSPS) is 12.9. The van der Waals surface area contributed by atoms with Crippen molar-refractivity contribution in [2.24, 2.45) is 11.7 Å². The van der Waals surface area contributed by atoms with E-state index in [1.807, 2.05) is 20.8 Å². The second-order valence-corrected chi connectivity index (χ2v) is 4.68. The Morgan fingerprint density at radius 2 is 2.20 bits per heavy atom.